The first-order valence-electron chi connectivity index (χ1n) is 4.83. The lowest BCUT2D eigenvalue weighted by molar-refractivity contribution is -0.206. The number of aliphatic hydroxyl groups is 1. The minimum Gasteiger partial charge on any atom is -0.379 e. The molecule has 2 rings (SSSR count). The summed E-state index contributed by atoms with van der Waals surface area (Å²) in [6.45, 7) is 0. The van der Waals surface area contributed by atoms with Crippen molar-refractivity contribution < 1.29 is 18.3 Å². The van der Waals surface area contributed by atoms with Gasteiger partial charge < -0.3 is 5.11 Å². The van der Waals surface area contributed by atoms with Gasteiger partial charge in [0.25, 0.3) is 0 Å². The van der Waals surface area contributed by atoms with Gasteiger partial charge in [-0.1, -0.05) is 46.3 Å². The molecule has 5 heteroatoms. The van der Waals surface area contributed by atoms with Crippen molar-refractivity contribution in [3.8, 4) is 11.1 Å². The van der Waals surface area contributed by atoms with Gasteiger partial charge in [0, 0.05) is 4.47 Å². The number of rotatable bonds is 1. The van der Waals surface area contributed by atoms with Gasteiger partial charge in [-0.15, -0.1) is 0 Å². The zero-order chi connectivity index (χ0) is 12.6. The molecule has 1 nitrogen and oxygen atoms in total. The van der Waals surface area contributed by atoms with Gasteiger partial charge in [0.2, 0.25) is 0 Å². The fourth-order valence-corrected chi connectivity index (χ4v) is 2.29. The molecule has 0 saturated carbocycles. The molecule has 0 unspecified atom stereocenters. The highest BCUT2D eigenvalue weighted by atomic mass is 79.9. The van der Waals surface area contributed by atoms with Crippen LogP contribution in [0, 0.1) is 0 Å². The average Bonchev–Trinajstić information content (AvgIpc) is 2.45. The zero-order valence-electron chi connectivity index (χ0n) is 8.50. The molecule has 17 heavy (non-hydrogen) atoms. The number of fused-ring (bicyclic) bond motifs is 1. The molecule has 2 aliphatic rings. The fraction of sp³-hybridized carbons (Fsp3) is 0.167. The summed E-state index contributed by atoms with van der Waals surface area (Å²) in [5, 5.41) is 9.30. The molecule has 0 aromatic heterocycles. The predicted octanol–water partition coefficient (Wildman–Crippen LogP) is 4.15. The molecule has 0 amide bonds. The second kappa shape index (κ2) is 4.31. The maximum absolute atomic E-state index is 12.5. The van der Waals surface area contributed by atoms with Gasteiger partial charge in [0.15, 0.2) is 6.10 Å². The van der Waals surface area contributed by atoms with Crippen molar-refractivity contribution in [1.82, 2.24) is 0 Å². The molecule has 0 saturated heterocycles. The predicted molar refractivity (Wildman–Crippen MR) is 61.8 cm³/mol. The zero-order valence-corrected chi connectivity index (χ0v) is 10.1. The molecule has 0 spiro atoms. The summed E-state index contributed by atoms with van der Waals surface area (Å²) in [5.74, 6) is 0. The lowest BCUT2D eigenvalue weighted by atomic mass is 10.1. The third-order valence-electron chi connectivity index (χ3n) is 2.49. The van der Waals surface area contributed by atoms with Crippen molar-refractivity contribution in [2.24, 2.45) is 0 Å². The molecular weight excluding hydrogens is 297 g/mol. The van der Waals surface area contributed by atoms with Gasteiger partial charge in [-0.05, 0) is 22.8 Å². The summed E-state index contributed by atoms with van der Waals surface area (Å²) in [6, 6.07) is 9.66. The van der Waals surface area contributed by atoms with Crippen molar-refractivity contribution in [2.45, 2.75) is 12.3 Å². The molecule has 0 radical (unpaired) electrons. The minimum atomic E-state index is -4.66. The number of aliphatic hydroxyl groups excluding tert-OH is 1. The van der Waals surface area contributed by atoms with E-state index in [4.69, 9.17) is 0 Å². The average molecular weight is 305 g/mol. The third kappa shape index (κ3) is 2.30. The van der Waals surface area contributed by atoms with Crippen LogP contribution in [0.15, 0.2) is 40.9 Å². The van der Waals surface area contributed by atoms with Crippen molar-refractivity contribution >= 4 is 15.9 Å². The molecule has 0 aromatic carbocycles. The Kier molecular flexibility index (Phi) is 3.14. The first kappa shape index (κ1) is 12.4. The summed E-state index contributed by atoms with van der Waals surface area (Å²) in [6.07, 6.45) is -7.12. The second-order valence-corrected chi connectivity index (χ2v) is 4.48. The Morgan fingerprint density at radius 2 is 1.65 bits per heavy atom. The molecule has 0 fully saturated rings. The number of halogens is 4. The minimum absolute atomic E-state index is 0.129. The Morgan fingerprint density at radius 3 is 2.24 bits per heavy atom. The normalized spacial score (nSPS) is 13.9. The largest absolute Gasteiger partial charge is 0.418 e. The summed E-state index contributed by atoms with van der Waals surface area (Å²) in [4.78, 5) is 0. The van der Waals surface area contributed by atoms with Crippen molar-refractivity contribution in [3.63, 3.8) is 0 Å². The van der Waals surface area contributed by atoms with Crippen LogP contribution in [-0.4, -0.2) is 11.3 Å². The maximum Gasteiger partial charge on any atom is 0.418 e. The lowest BCUT2D eigenvalue weighted by Gasteiger charge is -2.14. The molecule has 1 N–H and O–H groups in total. The van der Waals surface area contributed by atoms with E-state index in [1.165, 1.54) is 6.07 Å². The summed E-state index contributed by atoms with van der Waals surface area (Å²) in [7, 11) is 0. The number of hydrogen-bond acceptors (Lipinski definition) is 1. The quantitative estimate of drug-likeness (QED) is 0.839. The summed E-state index contributed by atoms with van der Waals surface area (Å²) >= 11 is 3.20. The van der Waals surface area contributed by atoms with E-state index in [0.29, 0.717) is 15.6 Å². The van der Waals surface area contributed by atoms with Crippen LogP contribution in [-0.2, 0) is 0 Å². The Labute approximate surface area is 104 Å². The summed E-state index contributed by atoms with van der Waals surface area (Å²) < 4.78 is 38.0. The Hall–Kier alpha value is -1.07. The van der Waals surface area contributed by atoms with Crippen LogP contribution < -0.4 is 0 Å². The molecule has 1 atom stereocenters. The number of hydrogen-bond donors (Lipinski definition) is 1. The fourth-order valence-electron chi connectivity index (χ4n) is 1.70. The van der Waals surface area contributed by atoms with Crippen LogP contribution in [0.5, 0.6) is 0 Å². The Bertz CT molecular complexity index is 510. The van der Waals surface area contributed by atoms with Gasteiger partial charge in [-0.25, -0.2) is 0 Å². The van der Waals surface area contributed by atoms with E-state index in [0.717, 1.165) is 0 Å². The SMILES string of the molecule is O[C@@H](c1cc(Br)c2cccccc1-2)C(F)(F)F. The van der Waals surface area contributed by atoms with E-state index in [2.05, 4.69) is 15.9 Å². The van der Waals surface area contributed by atoms with Crippen LogP contribution in [0.2, 0.25) is 0 Å². The van der Waals surface area contributed by atoms with Gasteiger partial charge in [0.05, 0.1) is 0 Å². The van der Waals surface area contributed by atoms with Crippen molar-refractivity contribution in [2.75, 3.05) is 0 Å². The molecule has 2 aliphatic carbocycles. The highest BCUT2D eigenvalue weighted by Gasteiger charge is 2.41. The van der Waals surface area contributed by atoms with E-state index in [1.54, 1.807) is 30.3 Å². The van der Waals surface area contributed by atoms with Gasteiger partial charge in [-0.3, -0.25) is 0 Å². The molecule has 0 aromatic rings. The van der Waals surface area contributed by atoms with E-state index < -0.39 is 12.3 Å². The smallest absolute Gasteiger partial charge is 0.379 e. The Balaban J connectivity index is 2.59. The highest BCUT2D eigenvalue weighted by Crippen LogP contribution is 2.43. The monoisotopic (exact) mass is 304 g/mol. The van der Waals surface area contributed by atoms with Gasteiger partial charge in [0.1, 0.15) is 0 Å². The van der Waals surface area contributed by atoms with Crippen LogP contribution >= 0.6 is 15.9 Å². The van der Waals surface area contributed by atoms with E-state index in [1.807, 2.05) is 0 Å². The van der Waals surface area contributed by atoms with Crippen LogP contribution in [0.1, 0.15) is 11.7 Å². The van der Waals surface area contributed by atoms with E-state index in [-0.39, 0.29) is 5.56 Å². The molecule has 0 bridgehead atoms. The van der Waals surface area contributed by atoms with Crippen LogP contribution in [0.4, 0.5) is 13.2 Å². The van der Waals surface area contributed by atoms with E-state index in [9.17, 15) is 18.3 Å². The van der Waals surface area contributed by atoms with Gasteiger partial charge >= 0.3 is 6.18 Å². The first-order chi connectivity index (χ1) is 7.91. The Morgan fingerprint density at radius 1 is 1.06 bits per heavy atom. The van der Waals surface area contributed by atoms with E-state index >= 15 is 0 Å². The molecule has 0 aliphatic heterocycles. The first-order valence-corrected chi connectivity index (χ1v) is 5.62. The lowest BCUT2D eigenvalue weighted by Crippen LogP contribution is -2.20. The van der Waals surface area contributed by atoms with Crippen LogP contribution in [0.3, 0.4) is 0 Å². The summed E-state index contributed by atoms with van der Waals surface area (Å²) in [5.41, 5.74) is 0.913. The van der Waals surface area contributed by atoms with Crippen LogP contribution in [0.25, 0.3) is 11.1 Å². The molecular formula is C12H8BrF3O. The molecule has 0 heterocycles. The standard InChI is InChI=1S/C12H8BrF3O/c13-10-6-9(11(17)12(14,15)16)7-4-2-1-3-5-8(7)10/h1-6,11,17H/t11-/m0/s1. The highest BCUT2D eigenvalue weighted by molar-refractivity contribution is 9.10. The van der Waals surface area contributed by atoms with Crippen molar-refractivity contribution in [1.29, 1.82) is 0 Å². The van der Waals surface area contributed by atoms with Crippen molar-refractivity contribution in [3.05, 3.63) is 46.4 Å². The molecule has 90 valence electrons. The second-order valence-electron chi connectivity index (χ2n) is 3.63. The number of alkyl halides is 3. The topological polar surface area (TPSA) is 20.2 Å². The third-order valence-corrected chi connectivity index (χ3v) is 3.15. The van der Waals surface area contributed by atoms with Gasteiger partial charge in [-0.2, -0.15) is 13.2 Å². The maximum atomic E-state index is 12.5.